The first-order chi connectivity index (χ1) is 19.2. The van der Waals surface area contributed by atoms with Crippen molar-refractivity contribution in [3.8, 4) is 0 Å². The van der Waals surface area contributed by atoms with Gasteiger partial charge < -0.3 is 9.80 Å². The van der Waals surface area contributed by atoms with Crippen molar-refractivity contribution in [3.05, 3.63) is 67.3 Å². The molecule has 0 aliphatic carbocycles. The molecule has 0 radical (unpaired) electrons. The summed E-state index contributed by atoms with van der Waals surface area (Å²) in [4.78, 5) is 21.5. The number of halogens is 7. The van der Waals surface area contributed by atoms with Gasteiger partial charge in [0.1, 0.15) is 3.70 Å². The third kappa shape index (κ3) is 7.08. The Morgan fingerprint density at radius 3 is 2.37 bits per heavy atom. The third-order valence-electron chi connectivity index (χ3n) is 6.70. The maximum Gasteiger partial charge on any atom is 0.416 e. The van der Waals surface area contributed by atoms with E-state index in [1.165, 1.54) is 16.4 Å². The molecule has 0 N–H and O–H groups in total. The van der Waals surface area contributed by atoms with Crippen molar-refractivity contribution in [1.29, 1.82) is 0 Å². The van der Waals surface area contributed by atoms with Crippen LogP contribution in [0.5, 0.6) is 0 Å². The Morgan fingerprint density at radius 2 is 1.73 bits per heavy atom. The van der Waals surface area contributed by atoms with Crippen molar-refractivity contribution in [2.45, 2.75) is 32.7 Å². The summed E-state index contributed by atoms with van der Waals surface area (Å²) in [5.74, 6) is -0.390. The van der Waals surface area contributed by atoms with E-state index in [9.17, 15) is 31.1 Å². The molecule has 3 aromatic rings. The van der Waals surface area contributed by atoms with E-state index in [0.29, 0.717) is 42.9 Å². The van der Waals surface area contributed by atoms with Crippen molar-refractivity contribution >= 4 is 62.4 Å². The van der Waals surface area contributed by atoms with Crippen LogP contribution in [0, 0.1) is 3.70 Å². The van der Waals surface area contributed by atoms with Crippen LogP contribution >= 0.6 is 34.4 Å². The molecule has 0 unspecified atom stereocenters. The van der Waals surface area contributed by atoms with E-state index in [4.69, 9.17) is 0 Å². The minimum Gasteiger partial charge on any atom is -0.353 e. The van der Waals surface area contributed by atoms with Crippen LogP contribution in [0.25, 0.3) is 17.0 Å². The number of benzene rings is 2. The lowest BCUT2D eigenvalue weighted by Crippen LogP contribution is -2.34. The number of aliphatic imine (C=N–C) groups is 1. The third-order valence-corrected chi connectivity index (χ3v) is 8.55. The molecular formula is C27H26F6IN5OS. The SMILES string of the molecule is CCN(CC)CCN(C)C1=NC(=O)C(=Cc2cccc3c2c(I)nn3Cc2ccc(C(F)(F)F)cc2C(F)(F)F)S1. The van der Waals surface area contributed by atoms with Crippen molar-refractivity contribution in [2.75, 3.05) is 33.2 Å². The molecule has 0 spiro atoms. The normalized spacial score (nSPS) is 15.4. The van der Waals surface area contributed by atoms with Gasteiger partial charge >= 0.3 is 12.4 Å². The summed E-state index contributed by atoms with van der Waals surface area (Å²) < 4.78 is 82.3. The number of aromatic nitrogens is 2. The Bertz CT molecular complexity index is 1510. The van der Waals surface area contributed by atoms with Crippen molar-refractivity contribution in [3.63, 3.8) is 0 Å². The van der Waals surface area contributed by atoms with Crippen LogP contribution in [0.1, 0.15) is 36.1 Å². The molecule has 1 aliphatic rings. The molecule has 6 nitrogen and oxygen atoms in total. The number of amides is 1. The van der Waals surface area contributed by atoms with Crippen LogP contribution in [0.4, 0.5) is 26.3 Å². The van der Waals surface area contributed by atoms with Gasteiger partial charge in [0.05, 0.1) is 28.1 Å². The van der Waals surface area contributed by atoms with Crippen LogP contribution in [0.3, 0.4) is 0 Å². The Hall–Kier alpha value is -2.59. The highest BCUT2D eigenvalue weighted by atomic mass is 127. The largest absolute Gasteiger partial charge is 0.416 e. The lowest BCUT2D eigenvalue weighted by atomic mass is 10.0. The monoisotopic (exact) mass is 709 g/mol. The summed E-state index contributed by atoms with van der Waals surface area (Å²) in [7, 11) is 1.87. The van der Waals surface area contributed by atoms with Gasteiger partial charge in [-0.2, -0.15) is 36.4 Å². The molecule has 0 saturated heterocycles. The number of nitrogens with zero attached hydrogens (tertiary/aromatic N) is 5. The van der Waals surface area contributed by atoms with Crippen molar-refractivity contribution < 1.29 is 31.1 Å². The number of likely N-dealkylation sites (N-methyl/N-ethyl adjacent to an activating group) is 2. The molecule has 220 valence electrons. The van der Waals surface area contributed by atoms with Crippen molar-refractivity contribution in [1.82, 2.24) is 19.6 Å². The Morgan fingerprint density at radius 1 is 1.02 bits per heavy atom. The number of hydrogen-bond donors (Lipinski definition) is 0. The lowest BCUT2D eigenvalue weighted by Gasteiger charge is -2.23. The molecular weight excluding hydrogens is 683 g/mol. The van der Waals surface area contributed by atoms with E-state index in [1.54, 1.807) is 24.3 Å². The fourth-order valence-electron chi connectivity index (χ4n) is 4.39. The van der Waals surface area contributed by atoms with Crippen LogP contribution in [-0.4, -0.2) is 63.9 Å². The van der Waals surface area contributed by atoms with Gasteiger partial charge in [-0.1, -0.05) is 32.0 Å². The molecule has 2 aromatic carbocycles. The summed E-state index contributed by atoms with van der Waals surface area (Å²) in [6.45, 7) is 7.11. The molecule has 0 atom stereocenters. The summed E-state index contributed by atoms with van der Waals surface area (Å²) >= 11 is 3.20. The van der Waals surface area contributed by atoms with E-state index in [-0.39, 0.29) is 11.6 Å². The predicted octanol–water partition coefficient (Wildman–Crippen LogP) is 6.97. The highest BCUT2D eigenvalue weighted by Crippen LogP contribution is 2.38. The highest BCUT2D eigenvalue weighted by molar-refractivity contribution is 14.1. The molecule has 0 bridgehead atoms. The molecule has 4 rings (SSSR count). The zero-order valence-corrected chi connectivity index (χ0v) is 25.2. The first-order valence-corrected chi connectivity index (χ1v) is 14.5. The van der Waals surface area contributed by atoms with Crippen LogP contribution < -0.4 is 0 Å². The van der Waals surface area contributed by atoms with Gasteiger partial charge in [-0.05, 0) is 82.8 Å². The first-order valence-electron chi connectivity index (χ1n) is 12.6. The van der Waals surface area contributed by atoms with E-state index in [2.05, 4.69) is 28.8 Å². The van der Waals surface area contributed by atoms with E-state index in [1.807, 2.05) is 34.5 Å². The smallest absolute Gasteiger partial charge is 0.353 e. The second-order valence-corrected chi connectivity index (χ2v) is 11.3. The number of carbonyl (C=O) groups excluding carboxylic acids is 1. The summed E-state index contributed by atoms with van der Waals surface area (Å²) in [5.41, 5.74) is -1.99. The lowest BCUT2D eigenvalue weighted by molar-refractivity contribution is -0.143. The first kappa shape index (κ1) is 31.3. The standard InChI is InChI=1S/C27H26F6IN5OS/c1-4-38(5-2)12-11-37(3)25-35-24(40)21(41-25)13-16-7-6-8-20-22(16)23(34)36-39(20)15-17-9-10-18(26(28,29)30)14-19(17)27(31,32)33/h6-10,13-14H,4-5,11-12,15H2,1-3H3. The molecule has 41 heavy (non-hydrogen) atoms. The van der Waals surface area contributed by atoms with Gasteiger partial charge in [-0.25, -0.2) is 0 Å². The number of carbonyl (C=O) groups is 1. The Labute approximate surface area is 250 Å². The summed E-state index contributed by atoms with van der Waals surface area (Å²) in [6, 6.07) is 6.71. The van der Waals surface area contributed by atoms with Crippen LogP contribution in [0.15, 0.2) is 46.3 Å². The van der Waals surface area contributed by atoms with Crippen molar-refractivity contribution in [2.24, 2.45) is 4.99 Å². The van der Waals surface area contributed by atoms with Crippen LogP contribution in [0.2, 0.25) is 0 Å². The van der Waals surface area contributed by atoms with Gasteiger partial charge in [-0.15, -0.1) is 0 Å². The molecule has 2 heterocycles. The number of hydrogen-bond acceptors (Lipinski definition) is 5. The number of rotatable bonds is 8. The maximum atomic E-state index is 13.7. The van der Waals surface area contributed by atoms with Gasteiger partial charge in [-0.3, -0.25) is 9.48 Å². The highest BCUT2D eigenvalue weighted by Gasteiger charge is 2.38. The molecule has 1 amide bonds. The Kier molecular flexibility index (Phi) is 9.43. The molecule has 1 aliphatic heterocycles. The summed E-state index contributed by atoms with van der Waals surface area (Å²) in [6.07, 6.45) is -8.22. The van der Waals surface area contributed by atoms with E-state index >= 15 is 0 Å². The minimum absolute atomic E-state index is 0.126. The molecule has 14 heteroatoms. The molecule has 0 saturated carbocycles. The topological polar surface area (TPSA) is 53.7 Å². The summed E-state index contributed by atoms with van der Waals surface area (Å²) in [5, 5.41) is 5.57. The predicted molar refractivity (Wildman–Crippen MR) is 156 cm³/mol. The number of alkyl halides is 6. The van der Waals surface area contributed by atoms with E-state index < -0.39 is 35.9 Å². The minimum atomic E-state index is -4.99. The quantitative estimate of drug-likeness (QED) is 0.144. The van der Waals surface area contributed by atoms with Gasteiger partial charge in [0.25, 0.3) is 5.91 Å². The zero-order valence-electron chi connectivity index (χ0n) is 22.3. The van der Waals surface area contributed by atoms with Gasteiger partial charge in [0.2, 0.25) is 0 Å². The molecule has 0 fully saturated rings. The fourth-order valence-corrected chi connectivity index (χ4v) is 6.13. The Balaban J connectivity index is 1.63. The second-order valence-electron chi connectivity index (χ2n) is 9.32. The van der Waals surface area contributed by atoms with Crippen LogP contribution in [-0.2, 0) is 23.7 Å². The maximum absolute atomic E-state index is 13.7. The average molecular weight is 709 g/mol. The number of fused-ring (bicyclic) bond motifs is 1. The number of thioether (sulfide) groups is 1. The van der Waals surface area contributed by atoms with Gasteiger partial charge in [0, 0.05) is 25.5 Å². The second kappa shape index (κ2) is 12.3. The average Bonchev–Trinajstić information content (AvgIpc) is 3.43. The van der Waals surface area contributed by atoms with E-state index in [0.717, 1.165) is 25.7 Å². The molecule has 1 aromatic heterocycles. The number of amidine groups is 1. The zero-order chi connectivity index (χ0) is 30.1. The fraction of sp³-hybridized carbons (Fsp3) is 0.370. The van der Waals surface area contributed by atoms with Gasteiger partial charge in [0.15, 0.2) is 5.17 Å².